The Morgan fingerprint density at radius 1 is 1.23 bits per heavy atom. The third-order valence-electron chi connectivity index (χ3n) is 4.29. The fraction of sp³-hybridized carbons (Fsp3) is 0.211. The van der Waals surface area contributed by atoms with E-state index in [-0.39, 0.29) is 27.8 Å². The van der Waals surface area contributed by atoms with Crippen LogP contribution in [0.15, 0.2) is 41.2 Å². The summed E-state index contributed by atoms with van der Waals surface area (Å²) in [5.74, 6) is -1.68. The van der Waals surface area contributed by atoms with Crippen molar-refractivity contribution in [3.8, 4) is 11.5 Å². The van der Waals surface area contributed by atoms with Gasteiger partial charge >= 0.3 is 12.6 Å². The number of alkyl halides is 2. The maximum atomic E-state index is 12.6. The Morgan fingerprint density at radius 2 is 1.90 bits per heavy atom. The second-order valence-electron chi connectivity index (χ2n) is 6.17. The minimum Gasteiger partial charge on any atom is -0.493 e. The lowest BCUT2D eigenvalue weighted by Gasteiger charge is -2.13. The van der Waals surface area contributed by atoms with Gasteiger partial charge in [0.05, 0.1) is 29.0 Å². The molecule has 0 spiro atoms. The highest BCUT2D eigenvalue weighted by Crippen LogP contribution is 2.36. The van der Waals surface area contributed by atoms with Crippen LogP contribution in [0.1, 0.15) is 16.1 Å². The van der Waals surface area contributed by atoms with Gasteiger partial charge in [-0.3, -0.25) is 14.9 Å². The molecule has 0 unspecified atom stereocenters. The molecular formula is C19H15F2N3O7. The lowest BCUT2D eigenvalue weighted by Crippen LogP contribution is -2.23. The van der Waals surface area contributed by atoms with Crippen molar-refractivity contribution in [3.05, 3.63) is 68.1 Å². The van der Waals surface area contributed by atoms with Gasteiger partial charge in [0.2, 0.25) is 0 Å². The van der Waals surface area contributed by atoms with Crippen LogP contribution < -0.4 is 15.0 Å². The molecule has 0 atom stereocenters. The van der Waals surface area contributed by atoms with Gasteiger partial charge in [0.15, 0.2) is 17.2 Å². The van der Waals surface area contributed by atoms with Crippen LogP contribution in [0.3, 0.4) is 0 Å². The Bertz CT molecular complexity index is 1230. The number of rotatable bonds is 7. The fourth-order valence-electron chi connectivity index (χ4n) is 2.89. The molecule has 0 radical (unpaired) electrons. The standard InChI is InChI=1S/C19H15F2N3O7/c1-23-17(25)12-6-4-3-5-11(12)16(22-23)18(26)30-9-10-7-14(29-2)15(31-19(20)21)8-13(10)24(27)28/h3-8,19H,9H2,1-2H3. The summed E-state index contributed by atoms with van der Waals surface area (Å²) < 4.78 is 40.4. The second-order valence-corrected chi connectivity index (χ2v) is 6.17. The van der Waals surface area contributed by atoms with Gasteiger partial charge in [-0.05, 0) is 12.1 Å². The van der Waals surface area contributed by atoms with Crippen molar-refractivity contribution in [1.82, 2.24) is 9.78 Å². The van der Waals surface area contributed by atoms with Crippen LogP contribution in [0.2, 0.25) is 0 Å². The SMILES string of the molecule is COc1cc(COC(=O)c2nn(C)c(=O)c3ccccc23)c([N+](=O)[O-])cc1OC(F)F. The van der Waals surface area contributed by atoms with E-state index >= 15 is 0 Å². The molecule has 162 valence electrons. The minimum absolute atomic E-state index is 0.119. The Labute approximate surface area is 172 Å². The van der Waals surface area contributed by atoms with E-state index in [4.69, 9.17) is 9.47 Å². The third-order valence-corrected chi connectivity index (χ3v) is 4.29. The van der Waals surface area contributed by atoms with Crippen molar-refractivity contribution in [1.29, 1.82) is 0 Å². The molecule has 3 rings (SSSR count). The molecule has 10 nitrogen and oxygen atoms in total. The average molecular weight is 435 g/mol. The summed E-state index contributed by atoms with van der Waals surface area (Å²) in [5, 5.41) is 15.8. The van der Waals surface area contributed by atoms with Gasteiger partial charge in [0.25, 0.3) is 11.2 Å². The van der Waals surface area contributed by atoms with Crippen LogP contribution in [-0.2, 0) is 18.4 Å². The van der Waals surface area contributed by atoms with Gasteiger partial charge < -0.3 is 14.2 Å². The first kappa shape index (κ1) is 21.6. The molecule has 1 heterocycles. The van der Waals surface area contributed by atoms with Crippen molar-refractivity contribution >= 4 is 22.4 Å². The summed E-state index contributed by atoms with van der Waals surface area (Å²) in [6.07, 6.45) is 0. The summed E-state index contributed by atoms with van der Waals surface area (Å²) in [6, 6.07) is 8.09. The summed E-state index contributed by atoms with van der Waals surface area (Å²) >= 11 is 0. The number of benzene rings is 2. The number of aryl methyl sites for hydroxylation is 1. The highest BCUT2D eigenvalue weighted by molar-refractivity contribution is 6.02. The van der Waals surface area contributed by atoms with Gasteiger partial charge in [0.1, 0.15) is 6.61 Å². The van der Waals surface area contributed by atoms with Crippen molar-refractivity contribution < 1.29 is 32.7 Å². The number of aromatic nitrogens is 2. The molecule has 3 aromatic rings. The number of ether oxygens (including phenoxy) is 3. The van der Waals surface area contributed by atoms with Gasteiger partial charge in [-0.15, -0.1) is 0 Å². The van der Waals surface area contributed by atoms with Crippen molar-refractivity contribution in [2.75, 3.05) is 7.11 Å². The average Bonchev–Trinajstić information content (AvgIpc) is 2.74. The lowest BCUT2D eigenvalue weighted by atomic mass is 10.1. The number of esters is 1. The van der Waals surface area contributed by atoms with Gasteiger partial charge in [-0.2, -0.15) is 13.9 Å². The minimum atomic E-state index is -3.22. The molecule has 0 amide bonds. The molecule has 1 aromatic heterocycles. The van der Waals surface area contributed by atoms with E-state index in [1.165, 1.54) is 19.2 Å². The maximum Gasteiger partial charge on any atom is 0.387 e. The van der Waals surface area contributed by atoms with Crippen molar-refractivity contribution in [3.63, 3.8) is 0 Å². The first-order valence-electron chi connectivity index (χ1n) is 8.66. The predicted octanol–water partition coefficient (Wildman–Crippen LogP) is 2.81. The topological polar surface area (TPSA) is 123 Å². The zero-order valence-corrected chi connectivity index (χ0v) is 16.2. The molecule has 0 aliphatic rings. The van der Waals surface area contributed by atoms with E-state index in [0.717, 1.165) is 23.9 Å². The smallest absolute Gasteiger partial charge is 0.387 e. The molecule has 12 heteroatoms. The van der Waals surface area contributed by atoms with Crippen LogP contribution in [0.4, 0.5) is 14.5 Å². The number of methoxy groups -OCH3 is 1. The summed E-state index contributed by atoms with van der Waals surface area (Å²) in [7, 11) is 2.53. The highest BCUT2D eigenvalue weighted by atomic mass is 19.3. The van der Waals surface area contributed by atoms with Crippen LogP contribution >= 0.6 is 0 Å². The monoisotopic (exact) mass is 435 g/mol. The Morgan fingerprint density at radius 3 is 2.52 bits per heavy atom. The van der Waals surface area contributed by atoms with E-state index in [9.17, 15) is 28.5 Å². The molecule has 0 aliphatic heterocycles. The van der Waals surface area contributed by atoms with Gasteiger partial charge in [0, 0.05) is 12.4 Å². The van der Waals surface area contributed by atoms with Crippen LogP contribution in [0, 0.1) is 10.1 Å². The Balaban J connectivity index is 1.95. The first-order valence-corrected chi connectivity index (χ1v) is 8.66. The molecule has 0 bridgehead atoms. The van der Waals surface area contributed by atoms with Crippen LogP contribution in [0.25, 0.3) is 10.8 Å². The number of nitro groups is 1. The fourth-order valence-corrected chi connectivity index (χ4v) is 2.89. The number of fused-ring (bicyclic) bond motifs is 1. The van der Waals surface area contributed by atoms with E-state index in [2.05, 4.69) is 9.84 Å². The third kappa shape index (κ3) is 4.42. The zero-order chi connectivity index (χ0) is 22.7. The van der Waals surface area contributed by atoms with E-state index in [1.807, 2.05) is 0 Å². The van der Waals surface area contributed by atoms with Crippen molar-refractivity contribution in [2.24, 2.45) is 7.05 Å². The van der Waals surface area contributed by atoms with E-state index in [0.29, 0.717) is 0 Å². The number of hydrogen-bond acceptors (Lipinski definition) is 8. The summed E-state index contributed by atoms with van der Waals surface area (Å²) in [5.41, 5.74) is -1.31. The quantitative estimate of drug-likeness (QED) is 0.315. The molecule has 0 N–H and O–H groups in total. The summed E-state index contributed by atoms with van der Waals surface area (Å²) in [4.78, 5) is 35.3. The number of hydrogen-bond donors (Lipinski definition) is 0. The van der Waals surface area contributed by atoms with Gasteiger partial charge in [-0.25, -0.2) is 9.48 Å². The predicted molar refractivity (Wildman–Crippen MR) is 102 cm³/mol. The van der Waals surface area contributed by atoms with E-state index < -0.39 is 41.1 Å². The molecule has 2 aromatic carbocycles. The largest absolute Gasteiger partial charge is 0.493 e. The first-order chi connectivity index (χ1) is 14.7. The number of halogens is 2. The number of carbonyl (C=O) groups is 1. The van der Waals surface area contributed by atoms with Crippen molar-refractivity contribution in [2.45, 2.75) is 13.2 Å². The number of nitrogens with zero attached hydrogens (tertiary/aromatic N) is 3. The Hall–Kier alpha value is -4.09. The zero-order valence-electron chi connectivity index (χ0n) is 16.2. The normalized spacial score (nSPS) is 10.9. The molecular weight excluding hydrogens is 420 g/mol. The molecule has 0 aliphatic carbocycles. The lowest BCUT2D eigenvalue weighted by molar-refractivity contribution is -0.386. The maximum absolute atomic E-state index is 12.6. The summed E-state index contributed by atoms with van der Waals surface area (Å²) in [6.45, 7) is -3.81. The molecule has 0 fully saturated rings. The molecule has 31 heavy (non-hydrogen) atoms. The van der Waals surface area contributed by atoms with Crippen LogP contribution in [0.5, 0.6) is 11.5 Å². The highest BCUT2D eigenvalue weighted by Gasteiger charge is 2.24. The second kappa shape index (κ2) is 8.73. The molecule has 0 saturated carbocycles. The number of nitro benzene ring substituents is 1. The van der Waals surface area contributed by atoms with Crippen LogP contribution in [-0.4, -0.2) is 34.4 Å². The van der Waals surface area contributed by atoms with Gasteiger partial charge in [-0.1, -0.05) is 18.2 Å². The Kier molecular flexibility index (Phi) is 6.09. The number of carbonyl (C=O) groups excluding carboxylic acids is 1. The van der Waals surface area contributed by atoms with E-state index in [1.54, 1.807) is 12.1 Å². The molecule has 0 saturated heterocycles.